The summed E-state index contributed by atoms with van der Waals surface area (Å²) in [6, 6.07) is 10.1. The first-order chi connectivity index (χ1) is 13.1. The van der Waals surface area contributed by atoms with Crippen molar-refractivity contribution in [2.75, 3.05) is 0 Å². The van der Waals surface area contributed by atoms with Crippen LogP contribution in [-0.2, 0) is 4.79 Å². The minimum Gasteiger partial charge on any atom is -0.478 e. The topological polar surface area (TPSA) is 37.3 Å². The van der Waals surface area contributed by atoms with Gasteiger partial charge >= 0.3 is 5.97 Å². The maximum absolute atomic E-state index is 11.8. The number of unbranched alkanes of at least 4 members (excludes halogenated alkanes) is 6. The maximum atomic E-state index is 11.8. The number of allylic oxidation sites excluding steroid dienone is 2. The second-order valence-electron chi connectivity index (χ2n) is 8.06. The molecule has 1 aromatic rings. The molecule has 1 aliphatic rings. The number of hydrogen-bond donors (Lipinski definition) is 1. The van der Waals surface area contributed by atoms with E-state index in [4.69, 9.17) is 0 Å². The van der Waals surface area contributed by atoms with Crippen molar-refractivity contribution in [2.45, 2.75) is 84.5 Å². The molecule has 1 N–H and O–H groups in total. The van der Waals surface area contributed by atoms with Crippen molar-refractivity contribution >= 4 is 11.5 Å². The number of carbonyl (C=O) groups is 1. The van der Waals surface area contributed by atoms with Gasteiger partial charge in [0, 0.05) is 0 Å². The SMILES string of the molecule is CCCCCCCC1(CCCCC)C=CC(C(=O)O)=C(c2ccccc2)C1. The van der Waals surface area contributed by atoms with E-state index in [0.29, 0.717) is 5.57 Å². The average molecular weight is 369 g/mol. The van der Waals surface area contributed by atoms with Crippen LogP contribution >= 0.6 is 0 Å². The smallest absolute Gasteiger partial charge is 0.335 e. The molecule has 0 saturated carbocycles. The zero-order chi connectivity index (χ0) is 19.5. The third-order valence-corrected chi connectivity index (χ3v) is 5.87. The van der Waals surface area contributed by atoms with Gasteiger partial charge < -0.3 is 5.11 Å². The van der Waals surface area contributed by atoms with Gasteiger partial charge in [0.05, 0.1) is 5.57 Å². The van der Waals surface area contributed by atoms with Gasteiger partial charge in [0.1, 0.15) is 0 Å². The van der Waals surface area contributed by atoms with E-state index in [1.54, 1.807) is 0 Å². The van der Waals surface area contributed by atoms with E-state index in [1.165, 1.54) is 57.8 Å². The normalized spacial score (nSPS) is 19.5. The fourth-order valence-corrected chi connectivity index (χ4v) is 4.24. The van der Waals surface area contributed by atoms with Crippen molar-refractivity contribution in [3.05, 3.63) is 53.6 Å². The number of carboxylic acid groups (broad SMARTS) is 1. The molecule has 1 atom stereocenters. The Labute approximate surface area is 165 Å². The summed E-state index contributed by atoms with van der Waals surface area (Å²) in [4.78, 5) is 11.8. The Kier molecular flexibility index (Phi) is 8.84. The van der Waals surface area contributed by atoms with E-state index < -0.39 is 5.97 Å². The summed E-state index contributed by atoms with van der Waals surface area (Å²) in [7, 11) is 0. The summed E-state index contributed by atoms with van der Waals surface area (Å²) in [6.45, 7) is 4.49. The molecule has 2 rings (SSSR count). The van der Waals surface area contributed by atoms with Gasteiger partial charge in [-0.2, -0.15) is 0 Å². The van der Waals surface area contributed by atoms with Crippen molar-refractivity contribution in [1.82, 2.24) is 0 Å². The molecule has 2 nitrogen and oxygen atoms in total. The lowest BCUT2D eigenvalue weighted by Crippen LogP contribution is -2.23. The van der Waals surface area contributed by atoms with Crippen molar-refractivity contribution in [1.29, 1.82) is 0 Å². The summed E-state index contributed by atoms with van der Waals surface area (Å²) in [5, 5.41) is 9.72. The summed E-state index contributed by atoms with van der Waals surface area (Å²) >= 11 is 0. The van der Waals surface area contributed by atoms with E-state index >= 15 is 0 Å². The zero-order valence-corrected chi connectivity index (χ0v) is 17.2. The van der Waals surface area contributed by atoms with Gasteiger partial charge in [-0.05, 0) is 35.8 Å². The first-order valence-corrected chi connectivity index (χ1v) is 10.8. The Balaban J connectivity index is 2.21. The number of aliphatic carboxylic acids is 1. The Morgan fingerprint density at radius 2 is 1.52 bits per heavy atom. The van der Waals surface area contributed by atoms with Crippen LogP contribution in [0.2, 0.25) is 0 Å². The molecule has 0 saturated heterocycles. The highest BCUT2D eigenvalue weighted by atomic mass is 16.4. The van der Waals surface area contributed by atoms with E-state index in [2.05, 4.69) is 32.1 Å². The molecule has 1 aliphatic carbocycles. The average Bonchev–Trinajstić information content (AvgIpc) is 2.68. The highest BCUT2D eigenvalue weighted by molar-refractivity contribution is 6.00. The van der Waals surface area contributed by atoms with Crippen LogP contribution in [0, 0.1) is 5.41 Å². The molecule has 0 fully saturated rings. The third-order valence-electron chi connectivity index (χ3n) is 5.87. The van der Waals surface area contributed by atoms with Gasteiger partial charge in [-0.25, -0.2) is 4.79 Å². The monoisotopic (exact) mass is 368 g/mol. The number of hydrogen-bond acceptors (Lipinski definition) is 1. The van der Waals surface area contributed by atoms with Crippen molar-refractivity contribution in [3.8, 4) is 0 Å². The predicted molar refractivity (Wildman–Crippen MR) is 115 cm³/mol. The molecule has 0 heterocycles. The Hall–Kier alpha value is -1.83. The summed E-state index contributed by atoms with van der Waals surface area (Å²) in [6.07, 6.45) is 17.4. The van der Waals surface area contributed by atoms with Crippen LogP contribution in [0.15, 0.2) is 48.1 Å². The van der Waals surface area contributed by atoms with Crippen molar-refractivity contribution in [3.63, 3.8) is 0 Å². The summed E-state index contributed by atoms with van der Waals surface area (Å²) in [5.74, 6) is -0.810. The highest BCUT2D eigenvalue weighted by Gasteiger charge is 2.33. The molecule has 0 spiro atoms. The number of carboxylic acids is 1. The minimum atomic E-state index is -0.810. The first kappa shape index (κ1) is 21.5. The summed E-state index contributed by atoms with van der Waals surface area (Å²) in [5.41, 5.74) is 2.66. The van der Waals surface area contributed by atoms with Gasteiger partial charge in [0.2, 0.25) is 0 Å². The number of benzene rings is 1. The van der Waals surface area contributed by atoms with E-state index in [9.17, 15) is 9.90 Å². The molecule has 0 aliphatic heterocycles. The third kappa shape index (κ3) is 6.37. The fraction of sp³-hybridized carbons (Fsp3) is 0.560. The fourth-order valence-electron chi connectivity index (χ4n) is 4.24. The van der Waals surface area contributed by atoms with Crippen LogP contribution in [0.4, 0.5) is 0 Å². The second-order valence-corrected chi connectivity index (χ2v) is 8.06. The molecule has 1 unspecified atom stereocenters. The van der Waals surface area contributed by atoms with E-state index in [0.717, 1.165) is 24.0 Å². The van der Waals surface area contributed by atoms with Crippen LogP contribution in [0.3, 0.4) is 0 Å². The van der Waals surface area contributed by atoms with Crippen LogP contribution in [-0.4, -0.2) is 11.1 Å². The molecular weight excluding hydrogens is 332 g/mol. The van der Waals surface area contributed by atoms with E-state index in [1.807, 2.05) is 24.3 Å². The quantitative estimate of drug-likeness (QED) is 0.390. The largest absolute Gasteiger partial charge is 0.478 e. The zero-order valence-electron chi connectivity index (χ0n) is 17.2. The predicted octanol–water partition coefficient (Wildman–Crippen LogP) is 7.41. The molecule has 1 aromatic carbocycles. The van der Waals surface area contributed by atoms with Crippen LogP contribution < -0.4 is 0 Å². The van der Waals surface area contributed by atoms with E-state index in [-0.39, 0.29) is 5.41 Å². The van der Waals surface area contributed by atoms with Gasteiger partial charge in [-0.3, -0.25) is 0 Å². The molecule has 148 valence electrons. The van der Waals surface area contributed by atoms with Gasteiger partial charge in [-0.15, -0.1) is 0 Å². The van der Waals surface area contributed by atoms with Gasteiger partial charge in [0.15, 0.2) is 0 Å². The van der Waals surface area contributed by atoms with Crippen LogP contribution in [0.25, 0.3) is 5.57 Å². The lowest BCUT2D eigenvalue weighted by Gasteiger charge is -2.35. The van der Waals surface area contributed by atoms with Crippen LogP contribution in [0.5, 0.6) is 0 Å². The molecule has 0 radical (unpaired) electrons. The molecule has 0 aromatic heterocycles. The standard InChI is InChI=1S/C25H36O2/c1-3-5-7-8-13-18-25(17-12-6-4-2)19-16-22(24(26)27)23(20-25)21-14-10-9-11-15-21/h9-11,14-16,19H,3-8,12-13,17-18,20H2,1-2H3,(H,26,27). The Morgan fingerprint density at radius 3 is 2.15 bits per heavy atom. The molecule has 0 bridgehead atoms. The lowest BCUT2D eigenvalue weighted by atomic mass is 9.68. The highest BCUT2D eigenvalue weighted by Crippen LogP contribution is 2.46. The second kappa shape index (κ2) is 11.1. The molecule has 2 heteroatoms. The lowest BCUT2D eigenvalue weighted by molar-refractivity contribution is -0.132. The summed E-state index contributed by atoms with van der Waals surface area (Å²) < 4.78 is 0. The Morgan fingerprint density at radius 1 is 0.926 bits per heavy atom. The Bertz CT molecular complexity index is 642. The minimum absolute atomic E-state index is 0.117. The van der Waals surface area contributed by atoms with Gasteiger partial charge in [0.25, 0.3) is 0 Å². The van der Waals surface area contributed by atoms with Crippen LogP contribution in [0.1, 0.15) is 90.0 Å². The molecule has 0 amide bonds. The van der Waals surface area contributed by atoms with Crippen molar-refractivity contribution in [2.24, 2.45) is 5.41 Å². The first-order valence-electron chi connectivity index (χ1n) is 10.8. The van der Waals surface area contributed by atoms with Gasteiger partial charge in [-0.1, -0.05) is 108 Å². The maximum Gasteiger partial charge on any atom is 0.335 e. The molecule has 27 heavy (non-hydrogen) atoms. The molecular formula is C25H36O2. The van der Waals surface area contributed by atoms with Crippen molar-refractivity contribution < 1.29 is 9.90 Å². The number of rotatable bonds is 12.